The number of nitrogens with zero attached hydrogens (tertiary/aromatic N) is 8. The van der Waals surface area contributed by atoms with Crippen LogP contribution in [0.5, 0.6) is 0 Å². The Morgan fingerprint density at radius 3 is 2.59 bits per heavy atom. The van der Waals surface area contributed by atoms with E-state index >= 15 is 0 Å². The predicted octanol–water partition coefficient (Wildman–Crippen LogP) is 2.32. The monoisotopic (exact) mass is 444 g/mol. The molecule has 0 saturated carbocycles. The number of carbonyl (C=O) groups excluding carboxylic acids is 1. The summed E-state index contributed by atoms with van der Waals surface area (Å²) >= 11 is 0. The second-order valence-electron chi connectivity index (χ2n) is 7.77. The Hall–Kier alpha value is -3.70. The number of carbonyl (C=O) groups is 1. The fourth-order valence-electron chi connectivity index (χ4n) is 4.26. The molecule has 0 aromatic carbocycles. The van der Waals surface area contributed by atoms with Gasteiger partial charge in [0.05, 0.1) is 35.1 Å². The summed E-state index contributed by atoms with van der Waals surface area (Å²) in [6, 6.07) is 2.70. The number of halogens is 3. The van der Waals surface area contributed by atoms with E-state index in [9.17, 15) is 18.0 Å². The van der Waals surface area contributed by atoms with Gasteiger partial charge in [0.25, 0.3) is 5.91 Å². The van der Waals surface area contributed by atoms with Crippen molar-refractivity contribution in [1.82, 2.24) is 39.2 Å². The standard InChI is InChI=1S/C20H19F3N8O/c1-28-16(20(21,22)23)8-14(26-28)17-12-5-7-31(10-15(12)27-29(17)2)19(32)11-4-6-24-18-13(11)9-25-30(18)3/h4,6,8-9H,5,7,10H2,1-3H3. The van der Waals surface area contributed by atoms with Gasteiger partial charge in [-0.25, -0.2) is 4.98 Å². The molecule has 0 fully saturated rings. The maximum absolute atomic E-state index is 13.2. The number of aromatic nitrogens is 7. The van der Waals surface area contributed by atoms with E-state index in [2.05, 4.69) is 20.3 Å². The average Bonchev–Trinajstić information content (AvgIpc) is 3.40. The number of aryl methyl sites for hydroxylation is 3. The van der Waals surface area contributed by atoms with Gasteiger partial charge in [-0.3, -0.25) is 18.8 Å². The van der Waals surface area contributed by atoms with Crippen molar-refractivity contribution >= 4 is 16.9 Å². The summed E-state index contributed by atoms with van der Waals surface area (Å²) in [4.78, 5) is 19.2. The van der Waals surface area contributed by atoms with E-state index in [1.54, 1.807) is 42.1 Å². The highest BCUT2D eigenvalue weighted by Gasteiger charge is 2.36. The molecule has 166 valence electrons. The minimum atomic E-state index is -4.50. The lowest BCUT2D eigenvalue weighted by Gasteiger charge is -2.26. The molecule has 0 atom stereocenters. The third-order valence-corrected chi connectivity index (χ3v) is 5.77. The fourth-order valence-corrected chi connectivity index (χ4v) is 4.26. The molecule has 5 heterocycles. The molecular formula is C20H19F3N8O. The lowest BCUT2D eigenvalue weighted by atomic mass is 10.0. The summed E-state index contributed by atoms with van der Waals surface area (Å²) < 4.78 is 43.6. The predicted molar refractivity (Wildman–Crippen MR) is 107 cm³/mol. The van der Waals surface area contributed by atoms with Gasteiger partial charge in [0.1, 0.15) is 11.4 Å². The summed E-state index contributed by atoms with van der Waals surface area (Å²) in [6.07, 6.45) is -0.846. The highest BCUT2D eigenvalue weighted by Crippen LogP contribution is 2.35. The van der Waals surface area contributed by atoms with Gasteiger partial charge in [0.2, 0.25) is 0 Å². The van der Waals surface area contributed by atoms with Crippen molar-refractivity contribution < 1.29 is 18.0 Å². The van der Waals surface area contributed by atoms with Crippen LogP contribution in [0.3, 0.4) is 0 Å². The van der Waals surface area contributed by atoms with Gasteiger partial charge in [0.15, 0.2) is 5.65 Å². The molecule has 32 heavy (non-hydrogen) atoms. The summed E-state index contributed by atoms with van der Waals surface area (Å²) in [5, 5.41) is 13.4. The van der Waals surface area contributed by atoms with Gasteiger partial charge < -0.3 is 4.90 Å². The van der Waals surface area contributed by atoms with Crippen molar-refractivity contribution in [2.45, 2.75) is 19.1 Å². The molecule has 1 aliphatic heterocycles. The Balaban J connectivity index is 1.47. The van der Waals surface area contributed by atoms with Crippen molar-refractivity contribution in [1.29, 1.82) is 0 Å². The van der Waals surface area contributed by atoms with Crippen LogP contribution < -0.4 is 0 Å². The maximum atomic E-state index is 13.2. The Kier molecular flexibility index (Phi) is 4.36. The van der Waals surface area contributed by atoms with E-state index < -0.39 is 11.9 Å². The first-order valence-electron chi connectivity index (χ1n) is 9.87. The smallest absolute Gasteiger partial charge is 0.332 e. The van der Waals surface area contributed by atoms with Crippen LogP contribution in [-0.2, 0) is 40.3 Å². The Labute approximate surface area is 180 Å². The lowest BCUT2D eigenvalue weighted by molar-refractivity contribution is -0.143. The number of alkyl halides is 3. The van der Waals surface area contributed by atoms with Crippen LogP contribution in [0.2, 0.25) is 0 Å². The van der Waals surface area contributed by atoms with Crippen molar-refractivity contribution in [3.8, 4) is 11.4 Å². The molecule has 9 nitrogen and oxygen atoms in total. The van der Waals surface area contributed by atoms with E-state index in [0.29, 0.717) is 41.0 Å². The zero-order valence-corrected chi connectivity index (χ0v) is 17.6. The highest BCUT2D eigenvalue weighted by atomic mass is 19.4. The maximum Gasteiger partial charge on any atom is 0.433 e. The molecule has 1 amide bonds. The molecule has 4 aromatic heterocycles. The molecule has 0 bridgehead atoms. The average molecular weight is 444 g/mol. The van der Waals surface area contributed by atoms with Gasteiger partial charge in [0, 0.05) is 39.4 Å². The largest absolute Gasteiger partial charge is 0.433 e. The van der Waals surface area contributed by atoms with Crippen LogP contribution in [0.1, 0.15) is 27.3 Å². The van der Waals surface area contributed by atoms with Crippen LogP contribution in [0.15, 0.2) is 24.5 Å². The fraction of sp³-hybridized carbons (Fsp3) is 0.350. The Morgan fingerprint density at radius 1 is 1.09 bits per heavy atom. The molecule has 1 aliphatic rings. The minimum Gasteiger partial charge on any atom is -0.332 e. The summed E-state index contributed by atoms with van der Waals surface area (Å²) in [5.74, 6) is -0.166. The number of pyridine rings is 1. The van der Waals surface area contributed by atoms with Crippen molar-refractivity contribution in [3.63, 3.8) is 0 Å². The van der Waals surface area contributed by atoms with Crippen molar-refractivity contribution in [2.24, 2.45) is 21.1 Å². The summed E-state index contributed by atoms with van der Waals surface area (Å²) in [6.45, 7) is 0.665. The first-order chi connectivity index (χ1) is 15.1. The zero-order valence-electron chi connectivity index (χ0n) is 17.6. The van der Waals surface area contributed by atoms with E-state index in [1.165, 1.54) is 11.7 Å². The van der Waals surface area contributed by atoms with E-state index in [1.807, 2.05) is 0 Å². The number of amides is 1. The summed E-state index contributed by atoms with van der Waals surface area (Å²) in [5.41, 5.74) is 2.50. The van der Waals surface area contributed by atoms with Crippen LogP contribution in [-0.4, -0.2) is 51.7 Å². The summed E-state index contributed by atoms with van der Waals surface area (Å²) in [7, 11) is 4.70. The van der Waals surface area contributed by atoms with E-state index in [-0.39, 0.29) is 18.1 Å². The third kappa shape index (κ3) is 3.05. The normalized spacial score (nSPS) is 14.2. The second-order valence-corrected chi connectivity index (χ2v) is 7.77. The first kappa shape index (κ1) is 20.2. The molecular weight excluding hydrogens is 425 g/mol. The minimum absolute atomic E-state index is 0.166. The number of hydrogen-bond donors (Lipinski definition) is 0. The highest BCUT2D eigenvalue weighted by molar-refractivity contribution is 6.05. The molecule has 0 N–H and O–H groups in total. The van der Waals surface area contributed by atoms with Gasteiger partial charge in [-0.05, 0) is 18.6 Å². The molecule has 0 aliphatic carbocycles. The lowest BCUT2D eigenvalue weighted by Crippen LogP contribution is -2.36. The van der Waals surface area contributed by atoms with Gasteiger partial charge in [-0.15, -0.1) is 0 Å². The molecule has 4 aromatic rings. The number of hydrogen-bond acceptors (Lipinski definition) is 5. The van der Waals surface area contributed by atoms with Crippen molar-refractivity contribution in [2.75, 3.05) is 6.54 Å². The number of rotatable bonds is 2. The zero-order chi connectivity index (χ0) is 22.8. The van der Waals surface area contributed by atoms with Gasteiger partial charge in [-0.1, -0.05) is 0 Å². The first-order valence-corrected chi connectivity index (χ1v) is 9.87. The van der Waals surface area contributed by atoms with Crippen LogP contribution in [0, 0.1) is 0 Å². The molecule has 5 rings (SSSR count). The number of fused-ring (bicyclic) bond motifs is 2. The van der Waals surface area contributed by atoms with Crippen LogP contribution in [0.25, 0.3) is 22.4 Å². The molecule has 0 radical (unpaired) electrons. The second kappa shape index (κ2) is 6.90. The van der Waals surface area contributed by atoms with Gasteiger partial charge >= 0.3 is 6.18 Å². The molecule has 0 unspecified atom stereocenters. The van der Waals surface area contributed by atoms with Crippen LogP contribution in [0.4, 0.5) is 13.2 Å². The SMILES string of the molecule is Cn1nc(-c2c3c(nn2C)CN(C(=O)c2ccnc4c2cnn4C)CC3)cc1C(F)(F)F. The molecule has 0 saturated heterocycles. The third-order valence-electron chi connectivity index (χ3n) is 5.77. The van der Waals surface area contributed by atoms with Crippen molar-refractivity contribution in [3.05, 3.63) is 47.0 Å². The topological polar surface area (TPSA) is 86.7 Å². The Bertz CT molecular complexity index is 1360. The van der Waals surface area contributed by atoms with Crippen LogP contribution >= 0.6 is 0 Å². The quantitative estimate of drug-likeness (QED) is 0.474. The van der Waals surface area contributed by atoms with E-state index in [0.717, 1.165) is 16.3 Å². The molecule has 0 spiro atoms. The Morgan fingerprint density at radius 2 is 1.88 bits per heavy atom. The molecule has 12 heteroatoms. The van der Waals surface area contributed by atoms with Gasteiger partial charge in [-0.2, -0.15) is 28.5 Å². The van der Waals surface area contributed by atoms with E-state index in [4.69, 9.17) is 0 Å².